The average molecular weight is 321 g/mol. The summed E-state index contributed by atoms with van der Waals surface area (Å²) in [4.78, 5) is 24.0. The highest BCUT2D eigenvalue weighted by atomic mass is 19.1. The first-order chi connectivity index (χ1) is 10.6. The zero-order chi connectivity index (χ0) is 17.3. The summed E-state index contributed by atoms with van der Waals surface area (Å²) in [5, 5.41) is 8.70. The SMILES string of the molecule is CC1(C)CC(NC(=O)C(=O)Nc2cccc(F)c2)CC(C)(C)N1. The van der Waals surface area contributed by atoms with Gasteiger partial charge in [-0.05, 0) is 58.7 Å². The van der Waals surface area contributed by atoms with Gasteiger partial charge in [0.05, 0.1) is 0 Å². The second kappa shape index (κ2) is 6.28. The number of benzene rings is 1. The summed E-state index contributed by atoms with van der Waals surface area (Å²) in [7, 11) is 0. The van der Waals surface area contributed by atoms with Crippen LogP contribution in [0.1, 0.15) is 40.5 Å². The molecule has 0 saturated carbocycles. The van der Waals surface area contributed by atoms with E-state index in [9.17, 15) is 14.0 Å². The first kappa shape index (κ1) is 17.4. The molecule has 1 aliphatic rings. The molecular formula is C17H24FN3O2. The summed E-state index contributed by atoms with van der Waals surface area (Å²) in [5.41, 5.74) is 0.00778. The molecular weight excluding hydrogens is 297 g/mol. The predicted molar refractivity (Wildman–Crippen MR) is 87.5 cm³/mol. The molecule has 3 N–H and O–H groups in total. The number of hydrogen-bond donors (Lipinski definition) is 3. The first-order valence-electron chi connectivity index (χ1n) is 7.73. The van der Waals surface area contributed by atoms with E-state index >= 15 is 0 Å². The van der Waals surface area contributed by atoms with Crippen molar-refractivity contribution in [1.82, 2.24) is 10.6 Å². The second-order valence-corrected chi connectivity index (χ2v) is 7.44. The summed E-state index contributed by atoms with van der Waals surface area (Å²) in [5.74, 6) is -1.96. The number of piperidine rings is 1. The number of hydrogen-bond acceptors (Lipinski definition) is 3. The van der Waals surface area contributed by atoms with Crippen molar-refractivity contribution in [2.24, 2.45) is 0 Å². The van der Waals surface area contributed by atoms with Crippen LogP contribution in [-0.4, -0.2) is 28.9 Å². The van der Waals surface area contributed by atoms with Crippen molar-refractivity contribution in [2.45, 2.75) is 57.7 Å². The van der Waals surface area contributed by atoms with Gasteiger partial charge in [0.15, 0.2) is 0 Å². The van der Waals surface area contributed by atoms with E-state index < -0.39 is 17.6 Å². The minimum Gasteiger partial charge on any atom is -0.345 e. The summed E-state index contributed by atoms with van der Waals surface area (Å²) in [6.45, 7) is 8.28. The van der Waals surface area contributed by atoms with Gasteiger partial charge < -0.3 is 16.0 Å². The van der Waals surface area contributed by atoms with Crippen LogP contribution in [0.3, 0.4) is 0 Å². The number of amides is 2. The molecule has 5 nitrogen and oxygen atoms in total. The molecule has 2 amide bonds. The molecule has 1 aromatic rings. The lowest BCUT2D eigenvalue weighted by Crippen LogP contribution is -2.62. The van der Waals surface area contributed by atoms with Crippen LogP contribution in [0.25, 0.3) is 0 Å². The highest BCUT2D eigenvalue weighted by molar-refractivity contribution is 6.39. The van der Waals surface area contributed by atoms with E-state index in [-0.39, 0.29) is 22.8 Å². The molecule has 0 atom stereocenters. The molecule has 0 unspecified atom stereocenters. The fraction of sp³-hybridized carbons (Fsp3) is 0.529. The van der Waals surface area contributed by atoms with Crippen LogP contribution >= 0.6 is 0 Å². The maximum atomic E-state index is 13.1. The normalized spacial score (nSPS) is 19.9. The lowest BCUT2D eigenvalue weighted by molar-refractivity contribution is -0.137. The standard InChI is InChI=1S/C17H24FN3O2/c1-16(2)9-13(10-17(3,4)21-16)20-15(23)14(22)19-12-7-5-6-11(18)8-12/h5-8,13,21H,9-10H2,1-4H3,(H,19,22)(H,20,23). The quantitative estimate of drug-likeness (QED) is 0.731. The van der Waals surface area contributed by atoms with Crippen molar-refractivity contribution in [3.63, 3.8) is 0 Å². The van der Waals surface area contributed by atoms with Gasteiger partial charge >= 0.3 is 11.8 Å². The van der Waals surface area contributed by atoms with Gasteiger partial charge in [-0.2, -0.15) is 0 Å². The third-order valence-electron chi connectivity index (χ3n) is 3.81. The van der Waals surface area contributed by atoms with Gasteiger partial charge in [-0.3, -0.25) is 9.59 Å². The van der Waals surface area contributed by atoms with Crippen LogP contribution in [0, 0.1) is 5.82 Å². The number of carbonyl (C=O) groups is 2. The van der Waals surface area contributed by atoms with E-state index in [1.165, 1.54) is 24.3 Å². The van der Waals surface area contributed by atoms with E-state index in [4.69, 9.17) is 0 Å². The predicted octanol–water partition coefficient (Wildman–Crippen LogP) is 2.19. The molecule has 2 rings (SSSR count). The van der Waals surface area contributed by atoms with E-state index in [1.807, 2.05) is 0 Å². The molecule has 0 aromatic heterocycles. The molecule has 0 radical (unpaired) electrons. The molecule has 0 bridgehead atoms. The lowest BCUT2D eigenvalue weighted by Gasteiger charge is -2.46. The third-order valence-corrected chi connectivity index (χ3v) is 3.81. The van der Waals surface area contributed by atoms with Crippen LogP contribution in [-0.2, 0) is 9.59 Å². The van der Waals surface area contributed by atoms with Gasteiger partial charge in [0.1, 0.15) is 5.82 Å². The number of rotatable bonds is 2. The van der Waals surface area contributed by atoms with Crippen molar-refractivity contribution < 1.29 is 14.0 Å². The number of halogens is 1. The Hall–Kier alpha value is -1.95. The van der Waals surface area contributed by atoms with Crippen LogP contribution in [0.4, 0.5) is 10.1 Å². The molecule has 1 aromatic carbocycles. The number of carbonyl (C=O) groups excluding carboxylic acids is 2. The molecule has 1 saturated heterocycles. The number of nitrogens with one attached hydrogen (secondary N) is 3. The largest absolute Gasteiger partial charge is 0.345 e. The average Bonchev–Trinajstić information content (AvgIpc) is 2.34. The summed E-state index contributed by atoms with van der Waals surface area (Å²) < 4.78 is 13.1. The van der Waals surface area contributed by atoms with Gasteiger partial charge in [0, 0.05) is 22.8 Å². The van der Waals surface area contributed by atoms with E-state index in [1.54, 1.807) is 0 Å². The summed E-state index contributed by atoms with van der Waals surface area (Å²) in [6, 6.07) is 5.36. The Balaban J connectivity index is 1.97. The van der Waals surface area contributed by atoms with Crippen molar-refractivity contribution >= 4 is 17.5 Å². The van der Waals surface area contributed by atoms with Gasteiger partial charge in [-0.15, -0.1) is 0 Å². The van der Waals surface area contributed by atoms with Gasteiger partial charge in [0.25, 0.3) is 0 Å². The molecule has 1 fully saturated rings. The zero-order valence-corrected chi connectivity index (χ0v) is 14.0. The Morgan fingerprint density at radius 2 is 1.74 bits per heavy atom. The van der Waals surface area contributed by atoms with Gasteiger partial charge in [-0.25, -0.2) is 4.39 Å². The molecule has 0 aliphatic carbocycles. The van der Waals surface area contributed by atoms with Crippen molar-refractivity contribution in [3.05, 3.63) is 30.1 Å². The van der Waals surface area contributed by atoms with Gasteiger partial charge in [0.2, 0.25) is 0 Å². The molecule has 0 spiro atoms. The highest BCUT2D eigenvalue weighted by Gasteiger charge is 2.38. The fourth-order valence-electron chi connectivity index (χ4n) is 3.43. The van der Waals surface area contributed by atoms with Crippen LogP contribution in [0.15, 0.2) is 24.3 Å². The summed E-state index contributed by atoms with van der Waals surface area (Å²) >= 11 is 0. The van der Waals surface area contributed by atoms with E-state index in [0.717, 1.165) is 12.8 Å². The maximum absolute atomic E-state index is 13.1. The Morgan fingerprint density at radius 1 is 1.13 bits per heavy atom. The Kier molecular flexibility index (Phi) is 4.75. The Labute approximate surface area is 136 Å². The van der Waals surface area contributed by atoms with Crippen LogP contribution in [0.5, 0.6) is 0 Å². The van der Waals surface area contributed by atoms with Gasteiger partial charge in [-0.1, -0.05) is 6.07 Å². The fourth-order valence-corrected chi connectivity index (χ4v) is 3.43. The monoisotopic (exact) mass is 321 g/mol. The van der Waals surface area contributed by atoms with E-state index in [0.29, 0.717) is 0 Å². The Morgan fingerprint density at radius 3 is 2.30 bits per heavy atom. The minimum atomic E-state index is -0.787. The molecule has 126 valence electrons. The first-order valence-corrected chi connectivity index (χ1v) is 7.73. The maximum Gasteiger partial charge on any atom is 0.313 e. The van der Waals surface area contributed by atoms with Crippen LogP contribution in [0.2, 0.25) is 0 Å². The van der Waals surface area contributed by atoms with Crippen molar-refractivity contribution in [2.75, 3.05) is 5.32 Å². The van der Waals surface area contributed by atoms with Crippen molar-refractivity contribution in [1.29, 1.82) is 0 Å². The third kappa shape index (κ3) is 5.03. The molecule has 23 heavy (non-hydrogen) atoms. The summed E-state index contributed by atoms with van der Waals surface area (Å²) in [6.07, 6.45) is 1.46. The minimum absolute atomic E-state index is 0.0907. The molecule has 1 heterocycles. The van der Waals surface area contributed by atoms with Crippen molar-refractivity contribution in [3.8, 4) is 0 Å². The van der Waals surface area contributed by atoms with Crippen LogP contribution < -0.4 is 16.0 Å². The highest BCUT2D eigenvalue weighted by Crippen LogP contribution is 2.28. The Bertz CT molecular complexity index is 598. The molecule has 1 aliphatic heterocycles. The molecule has 6 heteroatoms. The number of anilines is 1. The smallest absolute Gasteiger partial charge is 0.313 e. The topological polar surface area (TPSA) is 70.2 Å². The lowest BCUT2D eigenvalue weighted by atomic mass is 9.79. The zero-order valence-electron chi connectivity index (χ0n) is 14.0. The van der Waals surface area contributed by atoms with E-state index in [2.05, 4.69) is 43.6 Å². The second-order valence-electron chi connectivity index (χ2n) is 7.44.